The summed E-state index contributed by atoms with van der Waals surface area (Å²) in [5, 5.41) is 9.97. The second-order valence-corrected chi connectivity index (χ2v) is 3.40. The average Bonchev–Trinajstić information content (AvgIpc) is 2.81. The Labute approximate surface area is 90.8 Å². The smallest absolute Gasteiger partial charge is 0.316 e. The first-order valence-corrected chi connectivity index (χ1v) is 4.71. The molecule has 1 aliphatic rings. The van der Waals surface area contributed by atoms with Crippen molar-refractivity contribution < 1.29 is 14.0 Å². The van der Waals surface area contributed by atoms with Crippen molar-refractivity contribution in [3.8, 4) is 0 Å². The van der Waals surface area contributed by atoms with E-state index in [0.29, 0.717) is 0 Å². The molecule has 0 aromatic carbocycles. The second-order valence-electron chi connectivity index (χ2n) is 3.40. The highest BCUT2D eigenvalue weighted by atomic mass is 16.4. The highest BCUT2D eigenvalue weighted by Gasteiger charge is 2.36. The number of rotatable bonds is 3. The molecule has 0 bridgehead atoms. The molecule has 2 rings (SSSR count). The van der Waals surface area contributed by atoms with Crippen LogP contribution in [0.25, 0.3) is 0 Å². The summed E-state index contributed by atoms with van der Waals surface area (Å²) in [6.07, 6.45) is 0.0929. The van der Waals surface area contributed by atoms with Crippen LogP contribution in [-0.2, 0) is 16.1 Å². The predicted molar refractivity (Wildman–Crippen MR) is 52.0 cm³/mol. The minimum Gasteiger partial charge on any atom is -0.407 e. The molecule has 1 atom stereocenters. The van der Waals surface area contributed by atoms with E-state index in [4.69, 9.17) is 10.2 Å². The highest BCUT2D eigenvalue weighted by Crippen LogP contribution is 2.15. The van der Waals surface area contributed by atoms with Crippen molar-refractivity contribution in [2.75, 3.05) is 12.4 Å². The number of hydrogen-bond donors (Lipinski definition) is 2. The van der Waals surface area contributed by atoms with E-state index in [-0.39, 0.29) is 36.7 Å². The van der Waals surface area contributed by atoms with Crippen LogP contribution in [0.2, 0.25) is 0 Å². The average molecular weight is 225 g/mol. The lowest BCUT2D eigenvalue weighted by atomic mass is 10.2. The van der Waals surface area contributed by atoms with Gasteiger partial charge in [-0.05, 0) is 0 Å². The van der Waals surface area contributed by atoms with Gasteiger partial charge in [-0.3, -0.25) is 14.5 Å². The van der Waals surface area contributed by atoms with Gasteiger partial charge in [0, 0.05) is 7.05 Å². The Balaban J connectivity index is 2.05. The Bertz CT molecular complexity index is 429. The molecule has 3 N–H and O–H groups in total. The topological polar surface area (TPSA) is 114 Å². The first kappa shape index (κ1) is 10.6. The van der Waals surface area contributed by atoms with Gasteiger partial charge in [0.05, 0.1) is 13.0 Å². The number of nitrogens with one attached hydrogen (secondary N) is 1. The summed E-state index contributed by atoms with van der Waals surface area (Å²) in [4.78, 5) is 23.8. The van der Waals surface area contributed by atoms with Gasteiger partial charge in [-0.25, -0.2) is 0 Å². The van der Waals surface area contributed by atoms with E-state index in [0.717, 1.165) is 4.90 Å². The lowest BCUT2D eigenvalue weighted by Gasteiger charge is -2.08. The minimum absolute atomic E-state index is 0.0929. The number of anilines is 1. The molecule has 1 unspecified atom stereocenters. The van der Waals surface area contributed by atoms with Crippen LogP contribution in [0.5, 0.6) is 0 Å². The van der Waals surface area contributed by atoms with Crippen molar-refractivity contribution in [1.29, 1.82) is 0 Å². The number of nitrogens with zero attached hydrogens (tertiary/aromatic N) is 3. The van der Waals surface area contributed by atoms with Gasteiger partial charge in [0.2, 0.25) is 11.8 Å². The summed E-state index contributed by atoms with van der Waals surface area (Å²) in [6, 6.07) is -0.537. The van der Waals surface area contributed by atoms with E-state index >= 15 is 0 Å². The van der Waals surface area contributed by atoms with E-state index < -0.39 is 6.04 Å². The Kier molecular flexibility index (Phi) is 2.57. The molecule has 1 fully saturated rings. The van der Waals surface area contributed by atoms with Gasteiger partial charge in [-0.1, -0.05) is 5.10 Å². The standard InChI is InChI=1S/C8H11N5O3/c1-13-6(14)2-4(7(13)15)10-8-12-11-5(3-9)16-8/h4H,2-3,9H2,1H3,(H,10,12). The maximum Gasteiger partial charge on any atom is 0.316 e. The molecule has 0 radical (unpaired) electrons. The zero-order valence-corrected chi connectivity index (χ0v) is 8.64. The third kappa shape index (κ3) is 1.74. The van der Waals surface area contributed by atoms with E-state index in [1.807, 2.05) is 0 Å². The Morgan fingerprint density at radius 3 is 2.81 bits per heavy atom. The van der Waals surface area contributed by atoms with Gasteiger partial charge in [0.25, 0.3) is 5.91 Å². The molecule has 0 aliphatic carbocycles. The van der Waals surface area contributed by atoms with Gasteiger partial charge in [-0.15, -0.1) is 5.10 Å². The second kappa shape index (κ2) is 3.89. The van der Waals surface area contributed by atoms with Crippen molar-refractivity contribution in [3.63, 3.8) is 0 Å². The summed E-state index contributed by atoms with van der Waals surface area (Å²) in [5.74, 6) is -0.272. The maximum absolute atomic E-state index is 11.5. The molecule has 0 saturated carbocycles. The molecule has 8 nitrogen and oxygen atoms in total. The van der Waals surface area contributed by atoms with Gasteiger partial charge in [0.15, 0.2) is 0 Å². The number of aromatic nitrogens is 2. The van der Waals surface area contributed by atoms with E-state index in [1.165, 1.54) is 7.05 Å². The maximum atomic E-state index is 11.5. The van der Waals surface area contributed by atoms with E-state index in [1.54, 1.807) is 0 Å². The third-order valence-electron chi connectivity index (χ3n) is 2.32. The Hall–Kier alpha value is -1.96. The monoisotopic (exact) mass is 225 g/mol. The lowest BCUT2D eigenvalue weighted by Crippen LogP contribution is -2.31. The first-order valence-electron chi connectivity index (χ1n) is 4.71. The van der Waals surface area contributed by atoms with Crippen LogP contribution in [-0.4, -0.2) is 40.0 Å². The van der Waals surface area contributed by atoms with Gasteiger partial charge in [-0.2, -0.15) is 0 Å². The quantitative estimate of drug-likeness (QED) is 0.614. The van der Waals surface area contributed by atoms with Crippen LogP contribution >= 0.6 is 0 Å². The van der Waals surface area contributed by atoms with E-state index in [9.17, 15) is 9.59 Å². The number of amides is 2. The number of hydrogen-bond acceptors (Lipinski definition) is 7. The Morgan fingerprint density at radius 1 is 1.56 bits per heavy atom. The zero-order chi connectivity index (χ0) is 11.7. The summed E-state index contributed by atoms with van der Waals surface area (Å²) in [6.45, 7) is 0.131. The van der Waals surface area contributed by atoms with Crippen LogP contribution in [0.4, 0.5) is 6.01 Å². The number of likely N-dealkylation sites (tertiary alicyclic amines) is 1. The van der Waals surface area contributed by atoms with Crippen molar-refractivity contribution in [2.24, 2.45) is 5.73 Å². The largest absolute Gasteiger partial charge is 0.407 e. The molecule has 16 heavy (non-hydrogen) atoms. The molecular weight excluding hydrogens is 214 g/mol. The van der Waals surface area contributed by atoms with Crippen LogP contribution < -0.4 is 11.1 Å². The zero-order valence-electron chi connectivity index (χ0n) is 8.64. The van der Waals surface area contributed by atoms with Gasteiger partial charge in [0.1, 0.15) is 6.04 Å². The van der Waals surface area contributed by atoms with Crippen LogP contribution in [0.15, 0.2) is 4.42 Å². The summed E-state index contributed by atoms with van der Waals surface area (Å²) < 4.78 is 5.07. The van der Waals surface area contributed by atoms with Gasteiger partial charge >= 0.3 is 6.01 Å². The Morgan fingerprint density at radius 2 is 2.31 bits per heavy atom. The molecule has 86 valence electrons. The van der Waals surface area contributed by atoms with E-state index in [2.05, 4.69) is 15.5 Å². The highest BCUT2D eigenvalue weighted by molar-refractivity contribution is 6.06. The fraction of sp³-hybridized carbons (Fsp3) is 0.500. The molecule has 2 heterocycles. The van der Waals surface area contributed by atoms with Crippen molar-refractivity contribution in [3.05, 3.63) is 5.89 Å². The number of carbonyl (C=O) groups is 2. The third-order valence-corrected chi connectivity index (χ3v) is 2.32. The first-order chi connectivity index (χ1) is 7.61. The fourth-order valence-corrected chi connectivity index (χ4v) is 1.41. The molecule has 0 spiro atoms. The molecule has 2 amide bonds. The molecule has 1 aliphatic heterocycles. The molecular formula is C8H11N5O3. The summed E-state index contributed by atoms with van der Waals surface area (Å²) in [5.41, 5.74) is 5.29. The number of imide groups is 1. The minimum atomic E-state index is -0.636. The van der Waals surface area contributed by atoms with Crippen molar-refractivity contribution >= 4 is 17.8 Å². The van der Waals surface area contributed by atoms with Crippen LogP contribution in [0.3, 0.4) is 0 Å². The molecule has 8 heteroatoms. The normalized spacial score (nSPS) is 20.6. The van der Waals surface area contributed by atoms with Crippen molar-refractivity contribution in [2.45, 2.75) is 19.0 Å². The lowest BCUT2D eigenvalue weighted by molar-refractivity contribution is -0.136. The number of likely N-dealkylation sites (N-methyl/N-ethyl adjacent to an activating group) is 1. The fourth-order valence-electron chi connectivity index (χ4n) is 1.41. The van der Waals surface area contributed by atoms with Crippen molar-refractivity contribution in [1.82, 2.24) is 15.1 Å². The van der Waals surface area contributed by atoms with Gasteiger partial charge < -0.3 is 15.5 Å². The SMILES string of the molecule is CN1C(=O)CC(Nc2nnc(CN)o2)C1=O. The van der Waals surface area contributed by atoms with Crippen LogP contribution in [0, 0.1) is 0 Å². The number of carbonyl (C=O) groups excluding carboxylic acids is 2. The number of nitrogens with two attached hydrogens (primary N) is 1. The predicted octanol–water partition coefficient (Wildman–Crippen LogP) is -1.30. The van der Waals surface area contributed by atoms with Crippen LogP contribution in [0.1, 0.15) is 12.3 Å². The molecule has 1 saturated heterocycles. The summed E-state index contributed by atoms with van der Waals surface area (Å²) >= 11 is 0. The molecule has 1 aromatic rings. The molecule has 1 aromatic heterocycles. The summed E-state index contributed by atoms with van der Waals surface area (Å²) in [7, 11) is 1.44.